The van der Waals surface area contributed by atoms with Gasteiger partial charge in [0.2, 0.25) is 5.91 Å². The second kappa shape index (κ2) is 6.25. The first-order valence-corrected chi connectivity index (χ1v) is 5.67. The first kappa shape index (κ1) is 13.5. The largest absolute Gasteiger partial charge is 0.508 e. The zero-order chi connectivity index (χ0) is 12.8. The van der Waals surface area contributed by atoms with Gasteiger partial charge in [0.25, 0.3) is 0 Å². The number of likely N-dealkylation sites (N-methyl/N-ethyl adjacent to an activating group) is 1. The van der Waals surface area contributed by atoms with Gasteiger partial charge in [-0.2, -0.15) is 0 Å². The van der Waals surface area contributed by atoms with E-state index in [1.165, 1.54) is 7.11 Å². The van der Waals surface area contributed by atoms with Gasteiger partial charge >= 0.3 is 0 Å². The maximum Gasteiger partial charge on any atom is 0.249 e. The molecule has 17 heavy (non-hydrogen) atoms. The number of ether oxygens (including phenoxy) is 1. The Morgan fingerprint density at radius 2 is 2.24 bits per heavy atom. The van der Waals surface area contributed by atoms with Crippen LogP contribution >= 0.6 is 0 Å². The van der Waals surface area contributed by atoms with Crippen LogP contribution in [0.3, 0.4) is 0 Å². The highest BCUT2D eigenvalue weighted by Crippen LogP contribution is 2.23. The quantitative estimate of drug-likeness (QED) is 0.851. The van der Waals surface area contributed by atoms with Crippen LogP contribution in [0, 0.1) is 0 Å². The summed E-state index contributed by atoms with van der Waals surface area (Å²) in [4.78, 5) is 13.5. The van der Waals surface area contributed by atoms with Crippen molar-refractivity contribution in [2.45, 2.75) is 19.9 Å². The Hall–Kier alpha value is -1.55. The molecule has 0 saturated carbocycles. The van der Waals surface area contributed by atoms with Crippen LogP contribution in [0.2, 0.25) is 0 Å². The average molecular weight is 237 g/mol. The van der Waals surface area contributed by atoms with E-state index >= 15 is 0 Å². The van der Waals surface area contributed by atoms with Crippen molar-refractivity contribution in [1.82, 2.24) is 4.90 Å². The number of methoxy groups -OCH3 is 1. The molecule has 0 aliphatic carbocycles. The summed E-state index contributed by atoms with van der Waals surface area (Å²) in [6, 6.07) is 6.88. The first-order chi connectivity index (χ1) is 8.10. The van der Waals surface area contributed by atoms with Crippen LogP contribution in [-0.4, -0.2) is 36.2 Å². The van der Waals surface area contributed by atoms with E-state index in [1.54, 1.807) is 23.1 Å². The zero-order valence-corrected chi connectivity index (χ0v) is 10.5. The van der Waals surface area contributed by atoms with E-state index in [0.717, 1.165) is 5.56 Å². The lowest BCUT2D eigenvalue weighted by Gasteiger charge is -2.28. The van der Waals surface area contributed by atoms with E-state index < -0.39 is 0 Å². The molecule has 1 aromatic carbocycles. The third-order valence-corrected chi connectivity index (χ3v) is 2.75. The van der Waals surface area contributed by atoms with Crippen LogP contribution in [-0.2, 0) is 9.53 Å². The number of hydrogen-bond donors (Lipinski definition) is 1. The second-order valence-electron chi connectivity index (χ2n) is 3.88. The van der Waals surface area contributed by atoms with E-state index in [-0.39, 0.29) is 24.3 Å². The highest BCUT2D eigenvalue weighted by atomic mass is 16.5. The third-order valence-electron chi connectivity index (χ3n) is 2.75. The van der Waals surface area contributed by atoms with Crippen LogP contribution < -0.4 is 0 Å². The van der Waals surface area contributed by atoms with Crippen LogP contribution in [0.25, 0.3) is 0 Å². The van der Waals surface area contributed by atoms with E-state index in [2.05, 4.69) is 0 Å². The SMILES string of the molecule is CCN(C(=O)COC)C(C)c1cccc(O)c1. The molecule has 0 bridgehead atoms. The Morgan fingerprint density at radius 3 is 2.76 bits per heavy atom. The minimum atomic E-state index is -0.0743. The molecule has 1 aromatic rings. The summed E-state index contributed by atoms with van der Waals surface area (Å²) in [6.45, 7) is 4.55. The summed E-state index contributed by atoms with van der Waals surface area (Å²) in [5, 5.41) is 9.43. The standard InChI is InChI=1S/C13H19NO3/c1-4-14(13(16)9-17-3)10(2)11-6-5-7-12(15)8-11/h5-8,10,15H,4,9H2,1-3H3. The number of phenols is 1. The Bertz CT molecular complexity index is 379. The molecular weight excluding hydrogens is 218 g/mol. The molecule has 0 radical (unpaired) electrons. The minimum Gasteiger partial charge on any atom is -0.508 e. The molecular formula is C13H19NO3. The summed E-state index contributed by atoms with van der Waals surface area (Å²) in [7, 11) is 1.50. The van der Waals surface area contributed by atoms with Gasteiger partial charge in [-0.1, -0.05) is 12.1 Å². The van der Waals surface area contributed by atoms with Gasteiger partial charge in [-0.05, 0) is 31.5 Å². The van der Waals surface area contributed by atoms with E-state index in [0.29, 0.717) is 6.54 Å². The van der Waals surface area contributed by atoms with Gasteiger partial charge in [0.15, 0.2) is 0 Å². The van der Waals surface area contributed by atoms with Gasteiger partial charge in [0.1, 0.15) is 12.4 Å². The summed E-state index contributed by atoms with van der Waals surface area (Å²) >= 11 is 0. The molecule has 1 N–H and O–H groups in total. The van der Waals surface area contributed by atoms with Crippen LogP contribution in [0.1, 0.15) is 25.5 Å². The van der Waals surface area contributed by atoms with Gasteiger partial charge in [-0.15, -0.1) is 0 Å². The minimum absolute atomic E-state index is 0.0501. The van der Waals surface area contributed by atoms with Crippen molar-refractivity contribution in [1.29, 1.82) is 0 Å². The Kier molecular flexibility index (Phi) is 4.97. The van der Waals surface area contributed by atoms with Gasteiger partial charge in [-0.3, -0.25) is 4.79 Å². The number of carbonyl (C=O) groups excluding carboxylic acids is 1. The lowest BCUT2D eigenvalue weighted by molar-refractivity contribution is -0.137. The summed E-state index contributed by atoms with van der Waals surface area (Å²) in [6.07, 6.45) is 0. The lowest BCUT2D eigenvalue weighted by atomic mass is 10.1. The summed E-state index contributed by atoms with van der Waals surface area (Å²) < 4.78 is 4.86. The number of amides is 1. The molecule has 0 spiro atoms. The van der Waals surface area contributed by atoms with E-state index in [1.807, 2.05) is 19.9 Å². The zero-order valence-electron chi connectivity index (χ0n) is 10.5. The molecule has 1 atom stereocenters. The van der Waals surface area contributed by atoms with E-state index in [4.69, 9.17) is 4.74 Å². The fourth-order valence-electron chi connectivity index (χ4n) is 1.84. The normalized spacial score (nSPS) is 12.2. The number of phenolic OH excluding ortho intramolecular Hbond substituents is 1. The van der Waals surface area contributed by atoms with Gasteiger partial charge in [0.05, 0.1) is 6.04 Å². The highest BCUT2D eigenvalue weighted by molar-refractivity contribution is 5.77. The number of hydrogen-bond acceptors (Lipinski definition) is 3. The smallest absolute Gasteiger partial charge is 0.249 e. The van der Waals surface area contributed by atoms with Crippen molar-refractivity contribution >= 4 is 5.91 Å². The maximum absolute atomic E-state index is 11.8. The van der Waals surface area contributed by atoms with Gasteiger partial charge in [-0.25, -0.2) is 0 Å². The summed E-state index contributed by atoms with van der Waals surface area (Å²) in [5.74, 6) is 0.162. The Labute approximate surface area is 102 Å². The molecule has 1 rings (SSSR count). The molecule has 0 saturated heterocycles. The van der Waals surface area contributed by atoms with Crippen molar-refractivity contribution in [3.8, 4) is 5.75 Å². The van der Waals surface area contributed by atoms with Crippen molar-refractivity contribution in [3.63, 3.8) is 0 Å². The molecule has 0 aliphatic heterocycles. The fraction of sp³-hybridized carbons (Fsp3) is 0.462. The maximum atomic E-state index is 11.8. The lowest BCUT2D eigenvalue weighted by Crippen LogP contribution is -2.35. The van der Waals surface area contributed by atoms with Crippen LogP contribution in [0.5, 0.6) is 5.75 Å². The molecule has 4 heteroatoms. The molecule has 4 nitrogen and oxygen atoms in total. The van der Waals surface area contributed by atoms with Crippen LogP contribution in [0.15, 0.2) is 24.3 Å². The Morgan fingerprint density at radius 1 is 1.53 bits per heavy atom. The van der Waals surface area contributed by atoms with Crippen molar-refractivity contribution in [2.24, 2.45) is 0 Å². The van der Waals surface area contributed by atoms with Gasteiger partial charge in [0, 0.05) is 13.7 Å². The number of rotatable bonds is 5. The topological polar surface area (TPSA) is 49.8 Å². The highest BCUT2D eigenvalue weighted by Gasteiger charge is 2.19. The second-order valence-corrected chi connectivity index (χ2v) is 3.88. The fourth-order valence-corrected chi connectivity index (χ4v) is 1.84. The number of benzene rings is 1. The number of carbonyl (C=O) groups is 1. The number of aromatic hydroxyl groups is 1. The molecule has 1 unspecified atom stereocenters. The predicted molar refractivity (Wildman–Crippen MR) is 65.8 cm³/mol. The molecule has 94 valence electrons. The third kappa shape index (κ3) is 3.46. The van der Waals surface area contributed by atoms with Crippen molar-refractivity contribution in [2.75, 3.05) is 20.3 Å². The molecule has 0 fully saturated rings. The van der Waals surface area contributed by atoms with Crippen LogP contribution in [0.4, 0.5) is 0 Å². The molecule has 0 heterocycles. The molecule has 0 aliphatic rings. The van der Waals surface area contributed by atoms with Crippen molar-refractivity contribution < 1.29 is 14.6 Å². The Balaban J connectivity index is 2.85. The number of nitrogens with zero attached hydrogens (tertiary/aromatic N) is 1. The van der Waals surface area contributed by atoms with Crippen molar-refractivity contribution in [3.05, 3.63) is 29.8 Å². The first-order valence-electron chi connectivity index (χ1n) is 5.67. The average Bonchev–Trinajstić information content (AvgIpc) is 2.30. The summed E-state index contributed by atoms with van der Waals surface area (Å²) in [5.41, 5.74) is 0.913. The molecule has 1 amide bonds. The van der Waals surface area contributed by atoms with E-state index in [9.17, 15) is 9.90 Å². The monoisotopic (exact) mass is 237 g/mol. The molecule has 0 aromatic heterocycles. The van der Waals surface area contributed by atoms with Gasteiger partial charge < -0.3 is 14.7 Å². The predicted octanol–water partition coefficient (Wildman–Crippen LogP) is 1.95.